The van der Waals surface area contributed by atoms with Gasteiger partial charge in [0.1, 0.15) is 5.78 Å². The van der Waals surface area contributed by atoms with Crippen LogP contribution in [-0.4, -0.2) is 17.9 Å². The third-order valence-electron chi connectivity index (χ3n) is 4.04. The van der Waals surface area contributed by atoms with Crippen LogP contribution in [0.3, 0.4) is 0 Å². The van der Waals surface area contributed by atoms with E-state index < -0.39 is 0 Å². The lowest BCUT2D eigenvalue weighted by Gasteiger charge is -2.28. The van der Waals surface area contributed by atoms with Crippen molar-refractivity contribution in [2.45, 2.75) is 50.6 Å². The van der Waals surface area contributed by atoms with E-state index in [1.54, 1.807) is 11.3 Å². The molecular formula is C14H19NOS. The Morgan fingerprint density at radius 2 is 2.12 bits per heavy atom. The first-order chi connectivity index (χ1) is 8.29. The molecule has 1 aromatic rings. The van der Waals surface area contributed by atoms with Crippen molar-refractivity contribution < 1.29 is 4.79 Å². The molecule has 2 aliphatic heterocycles. The summed E-state index contributed by atoms with van der Waals surface area (Å²) in [5, 5.41) is 5.68. The fourth-order valence-electron chi connectivity index (χ4n) is 3.34. The van der Waals surface area contributed by atoms with Gasteiger partial charge in [0.25, 0.3) is 0 Å². The Morgan fingerprint density at radius 3 is 2.76 bits per heavy atom. The van der Waals surface area contributed by atoms with Gasteiger partial charge in [0.05, 0.1) is 0 Å². The molecule has 0 aliphatic carbocycles. The van der Waals surface area contributed by atoms with E-state index in [4.69, 9.17) is 0 Å². The van der Waals surface area contributed by atoms with E-state index in [1.807, 2.05) is 11.4 Å². The lowest BCUT2D eigenvalue weighted by molar-refractivity contribution is -0.119. The first-order valence-electron chi connectivity index (χ1n) is 6.60. The minimum Gasteiger partial charge on any atom is -0.311 e. The molecule has 3 heteroatoms. The van der Waals surface area contributed by atoms with E-state index in [0.717, 1.165) is 6.42 Å². The Morgan fingerprint density at radius 1 is 1.35 bits per heavy atom. The fraction of sp³-hybridized carbons (Fsp3) is 0.643. The van der Waals surface area contributed by atoms with Crippen LogP contribution in [0, 0.1) is 5.92 Å². The van der Waals surface area contributed by atoms with Crippen molar-refractivity contribution >= 4 is 17.1 Å². The lowest BCUT2D eigenvalue weighted by atomic mass is 9.87. The number of hydrogen-bond acceptors (Lipinski definition) is 3. The van der Waals surface area contributed by atoms with Crippen LogP contribution in [0.2, 0.25) is 0 Å². The molecule has 1 aromatic heterocycles. The van der Waals surface area contributed by atoms with Crippen LogP contribution < -0.4 is 5.32 Å². The Bertz CT molecular complexity index is 375. The Labute approximate surface area is 106 Å². The van der Waals surface area contributed by atoms with E-state index in [2.05, 4.69) is 11.4 Å². The Hall–Kier alpha value is -0.670. The highest BCUT2D eigenvalue weighted by molar-refractivity contribution is 7.10. The van der Waals surface area contributed by atoms with Gasteiger partial charge >= 0.3 is 0 Å². The summed E-state index contributed by atoms with van der Waals surface area (Å²) < 4.78 is 0. The average molecular weight is 249 g/mol. The normalized spacial score (nSPS) is 31.6. The highest BCUT2D eigenvalue weighted by Gasteiger charge is 2.33. The van der Waals surface area contributed by atoms with Gasteiger partial charge in [0.2, 0.25) is 0 Å². The zero-order valence-electron chi connectivity index (χ0n) is 10.0. The van der Waals surface area contributed by atoms with Gasteiger partial charge in [-0.1, -0.05) is 6.07 Å². The molecule has 0 amide bonds. The molecule has 1 N–H and O–H groups in total. The second-order valence-corrected chi connectivity index (χ2v) is 6.51. The van der Waals surface area contributed by atoms with Crippen LogP contribution in [0.1, 0.15) is 37.0 Å². The number of ketones is 1. The number of piperidine rings is 1. The molecule has 0 saturated carbocycles. The van der Waals surface area contributed by atoms with Crippen molar-refractivity contribution in [2.75, 3.05) is 0 Å². The van der Waals surface area contributed by atoms with Crippen LogP contribution in [0.15, 0.2) is 17.5 Å². The highest BCUT2D eigenvalue weighted by Crippen LogP contribution is 2.33. The van der Waals surface area contributed by atoms with E-state index in [1.165, 1.54) is 30.6 Å². The Kier molecular flexibility index (Phi) is 3.30. The first kappa shape index (κ1) is 11.4. The summed E-state index contributed by atoms with van der Waals surface area (Å²) in [5.41, 5.74) is 0. The molecule has 2 fully saturated rings. The molecule has 92 valence electrons. The fourth-order valence-corrected chi connectivity index (χ4v) is 4.08. The van der Waals surface area contributed by atoms with Crippen molar-refractivity contribution in [3.05, 3.63) is 22.4 Å². The molecule has 2 atom stereocenters. The van der Waals surface area contributed by atoms with Crippen LogP contribution in [-0.2, 0) is 11.2 Å². The third-order valence-corrected chi connectivity index (χ3v) is 4.91. The van der Waals surface area contributed by atoms with Crippen LogP contribution in [0.5, 0.6) is 0 Å². The van der Waals surface area contributed by atoms with Gasteiger partial charge in [-0.3, -0.25) is 4.79 Å². The molecule has 3 heterocycles. The largest absolute Gasteiger partial charge is 0.311 e. The van der Waals surface area contributed by atoms with Crippen molar-refractivity contribution in [2.24, 2.45) is 5.92 Å². The minimum atomic E-state index is 0.429. The zero-order valence-corrected chi connectivity index (χ0v) is 10.8. The number of thiophene rings is 1. The van der Waals surface area contributed by atoms with Gasteiger partial charge in [-0.25, -0.2) is 0 Å². The number of rotatable bonds is 4. The minimum absolute atomic E-state index is 0.429. The molecule has 2 aliphatic rings. The maximum atomic E-state index is 12.0. The quantitative estimate of drug-likeness (QED) is 0.889. The summed E-state index contributed by atoms with van der Waals surface area (Å²) in [6, 6.07) is 5.49. The van der Waals surface area contributed by atoms with E-state index in [9.17, 15) is 4.79 Å². The standard InChI is InChI=1S/C14H19NOS/c16-13(9-14-2-1-5-17-14)8-10-6-11-3-4-12(7-10)15-11/h1-2,5,10-12,15H,3-4,6-9H2. The third kappa shape index (κ3) is 2.78. The molecule has 0 radical (unpaired) electrons. The molecule has 17 heavy (non-hydrogen) atoms. The van der Waals surface area contributed by atoms with Gasteiger partial charge < -0.3 is 5.32 Å². The first-order valence-corrected chi connectivity index (χ1v) is 7.47. The number of fused-ring (bicyclic) bond motifs is 2. The van der Waals surface area contributed by atoms with Gasteiger partial charge in [0, 0.05) is 29.8 Å². The Balaban J connectivity index is 1.51. The maximum absolute atomic E-state index is 12.0. The smallest absolute Gasteiger partial charge is 0.138 e. The summed E-state index contributed by atoms with van der Waals surface area (Å²) in [4.78, 5) is 13.2. The molecule has 0 spiro atoms. The molecule has 2 nitrogen and oxygen atoms in total. The lowest BCUT2D eigenvalue weighted by Crippen LogP contribution is -2.38. The highest BCUT2D eigenvalue weighted by atomic mass is 32.1. The average Bonchev–Trinajstić information content (AvgIpc) is 2.89. The number of nitrogens with one attached hydrogen (secondary N) is 1. The number of hydrogen-bond donors (Lipinski definition) is 1. The predicted molar refractivity (Wildman–Crippen MR) is 70.3 cm³/mol. The van der Waals surface area contributed by atoms with Crippen molar-refractivity contribution in [3.63, 3.8) is 0 Å². The van der Waals surface area contributed by atoms with Gasteiger partial charge in [-0.05, 0) is 43.0 Å². The monoisotopic (exact) mass is 249 g/mol. The summed E-state index contributed by atoms with van der Waals surface area (Å²) >= 11 is 1.69. The van der Waals surface area contributed by atoms with Crippen molar-refractivity contribution in [3.8, 4) is 0 Å². The molecule has 0 aromatic carbocycles. The zero-order chi connectivity index (χ0) is 11.7. The summed E-state index contributed by atoms with van der Waals surface area (Å²) in [6.45, 7) is 0. The second-order valence-electron chi connectivity index (χ2n) is 5.47. The molecular weight excluding hydrogens is 230 g/mol. The van der Waals surface area contributed by atoms with E-state index in [-0.39, 0.29) is 0 Å². The van der Waals surface area contributed by atoms with Crippen LogP contribution >= 0.6 is 11.3 Å². The van der Waals surface area contributed by atoms with Crippen LogP contribution in [0.4, 0.5) is 0 Å². The van der Waals surface area contributed by atoms with Gasteiger partial charge in [-0.2, -0.15) is 0 Å². The van der Waals surface area contributed by atoms with Crippen molar-refractivity contribution in [1.82, 2.24) is 5.32 Å². The topological polar surface area (TPSA) is 29.1 Å². The summed E-state index contributed by atoms with van der Waals surface area (Å²) in [5.74, 6) is 1.07. The van der Waals surface area contributed by atoms with Crippen LogP contribution in [0.25, 0.3) is 0 Å². The molecule has 2 bridgehead atoms. The van der Waals surface area contributed by atoms with Gasteiger partial charge in [-0.15, -0.1) is 11.3 Å². The van der Waals surface area contributed by atoms with E-state index in [0.29, 0.717) is 30.2 Å². The molecule has 2 saturated heterocycles. The van der Waals surface area contributed by atoms with Gasteiger partial charge in [0.15, 0.2) is 0 Å². The molecule has 3 rings (SSSR count). The SMILES string of the molecule is O=C(Cc1cccs1)CC1CC2CCC(C1)N2. The summed E-state index contributed by atoms with van der Waals surface area (Å²) in [7, 11) is 0. The molecule has 2 unspecified atom stereocenters. The summed E-state index contributed by atoms with van der Waals surface area (Å²) in [6.07, 6.45) is 6.52. The number of carbonyl (C=O) groups excluding carboxylic acids is 1. The van der Waals surface area contributed by atoms with Crippen molar-refractivity contribution in [1.29, 1.82) is 0 Å². The number of Topliss-reactive ketones (excluding diaryl/α,β-unsaturated/α-hetero) is 1. The predicted octanol–water partition coefficient (Wildman–Crippen LogP) is 2.78. The number of carbonyl (C=O) groups is 1. The second kappa shape index (κ2) is 4.91. The van der Waals surface area contributed by atoms with E-state index >= 15 is 0 Å². The maximum Gasteiger partial charge on any atom is 0.138 e.